The molecule has 1 atom stereocenters. The van der Waals surface area contributed by atoms with Gasteiger partial charge in [0.25, 0.3) is 0 Å². The maximum absolute atomic E-state index is 13.7. The molecule has 0 spiro atoms. The van der Waals surface area contributed by atoms with Gasteiger partial charge in [0.2, 0.25) is 0 Å². The van der Waals surface area contributed by atoms with E-state index in [1.54, 1.807) is 19.2 Å². The molecule has 0 aromatic heterocycles. The Hall–Kier alpha value is -1.66. The monoisotopic (exact) mass is 336 g/mol. The van der Waals surface area contributed by atoms with Crippen LogP contribution in [0.5, 0.6) is 0 Å². The molecule has 0 saturated carbocycles. The van der Waals surface area contributed by atoms with E-state index >= 15 is 0 Å². The van der Waals surface area contributed by atoms with Crippen LogP contribution in [-0.4, -0.2) is 56.8 Å². The van der Waals surface area contributed by atoms with E-state index in [2.05, 4.69) is 20.5 Å². The first-order valence-corrected chi connectivity index (χ1v) is 8.73. The molecular weight excluding hydrogens is 307 g/mol. The first-order valence-electron chi connectivity index (χ1n) is 8.73. The van der Waals surface area contributed by atoms with Crippen molar-refractivity contribution in [3.8, 4) is 0 Å². The molecule has 0 aliphatic carbocycles. The topological polar surface area (TPSA) is 48.9 Å². The predicted molar refractivity (Wildman–Crippen MR) is 95.7 cm³/mol. The number of hydrogen-bond donors (Lipinski definition) is 2. The van der Waals surface area contributed by atoms with Crippen LogP contribution in [0.1, 0.15) is 25.3 Å². The summed E-state index contributed by atoms with van der Waals surface area (Å²) in [7, 11) is 1.74. The van der Waals surface area contributed by atoms with Crippen molar-refractivity contribution in [3.63, 3.8) is 0 Å². The summed E-state index contributed by atoms with van der Waals surface area (Å²) in [5.41, 5.74) is 0.609. The van der Waals surface area contributed by atoms with E-state index in [0.29, 0.717) is 18.2 Å². The molecule has 1 heterocycles. The summed E-state index contributed by atoms with van der Waals surface area (Å²) in [6.07, 6.45) is 2.41. The zero-order valence-electron chi connectivity index (χ0n) is 14.7. The van der Waals surface area contributed by atoms with Crippen LogP contribution in [0.25, 0.3) is 0 Å². The number of guanidine groups is 1. The average Bonchev–Trinajstić information content (AvgIpc) is 3.04. The van der Waals surface area contributed by atoms with Crippen LogP contribution in [0, 0.1) is 5.82 Å². The molecular formula is C18H29FN4O. The number of aliphatic imine (C=N–C) groups is 1. The predicted octanol–water partition coefficient (Wildman–Crippen LogP) is 1.99. The first kappa shape index (κ1) is 18.7. The van der Waals surface area contributed by atoms with Crippen LogP contribution < -0.4 is 10.6 Å². The van der Waals surface area contributed by atoms with Gasteiger partial charge in [-0.3, -0.25) is 4.90 Å². The fraction of sp³-hybridized carbons (Fsp3) is 0.611. The molecule has 24 heavy (non-hydrogen) atoms. The summed E-state index contributed by atoms with van der Waals surface area (Å²) in [4.78, 5) is 6.96. The second kappa shape index (κ2) is 10.3. The molecule has 5 nitrogen and oxygen atoms in total. The number of methoxy groups -OCH3 is 1. The van der Waals surface area contributed by atoms with Gasteiger partial charge >= 0.3 is 0 Å². The molecule has 0 bridgehead atoms. The molecule has 6 heteroatoms. The normalized spacial score (nSPS) is 18.8. The fourth-order valence-corrected chi connectivity index (χ4v) is 2.98. The maximum Gasteiger partial charge on any atom is 0.191 e. The second-order valence-corrected chi connectivity index (χ2v) is 5.99. The van der Waals surface area contributed by atoms with Crippen molar-refractivity contribution >= 4 is 5.96 Å². The van der Waals surface area contributed by atoms with Gasteiger partial charge in [-0.1, -0.05) is 18.2 Å². The van der Waals surface area contributed by atoms with Crippen molar-refractivity contribution in [3.05, 3.63) is 35.6 Å². The summed E-state index contributed by atoms with van der Waals surface area (Å²) in [5, 5.41) is 6.62. The minimum atomic E-state index is -0.210. The Morgan fingerprint density at radius 2 is 2.21 bits per heavy atom. The van der Waals surface area contributed by atoms with Gasteiger partial charge < -0.3 is 15.4 Å². The third-order valence-electron chi connectivity index (χ3n) is 4.30. The van der Waals surface area contributed by atoms with Gasteiger partial charge in [0, 0.05) is 38.3 Å². The molecule has 0 amide bonds. The highest BCUT2D eigenvalue weighted by Gasteiger charge is 2.23. The number of ether oxygens (including phenoxy) is 1. The van der Waals surface area contributed by atoms with E-state index in [0.717, 1.165) is 38.7 Å². The number of halogens is 1. The lowest BCUT2D eigenvalue weighted by atomic mass is 10.2. The molecule has 1 aliphatic rings. The number of benzene rings is 1. The smallest absolute Gasteiger partial charge is 0.191 e. The molecule has 1 aliphatic heterocycles. The van der Waals surface area contributed by atoms with Crippen molar-refractivity contribution in [2.75, 3.05) is 39.9 Å². The van der Waals surface area contributed by atoms with Crippen LogP contribution in [0.2, 0.25) is 0 Å². The van der Waals surface area contributed by atoms with Crippen LogP contribution in [-0.2, 0) is 11.3 Å². The largest absolute Gasteiger partial charge is 0.383 e. The van der Waals surface area contributed by atoms with Crippen molar-refractivity contribution in [2.24, 2.45) is 4.99 Å². The first-order chi connectivity index (χ1) is 11.7. The SMILES string of the molecule is CCNC(=NCc1ccccc1F)NCC1CCCN1CCOC. The lowest BCUT2D eigenvalue weighted by Crippen LogP contribution is -2.45. The van der Waals surface area contributed by atoms with Crippen molar-refractivity contribution in [1.82, 2.24) is 15.5 Å². The molecule has 0 radical (unpaired) electrons. The molecule has 1 aromatic rings. The van der Waals surface area contributed by atoms with Gasteiger partial charge in [0.1, 0.15) is 5.82 Å². The average molecular weight is 336 g/mol. The van der Waals surface area contributed by atoms with E-state index in [1.807, 2.05) is 13.0 Å². The molecule has 2 rings (SSSR count). The van der Waals surface area contributed by atoms with E-state index in [4.69, 9.17) is 4.74 Å². The summed E-state index contributed by atoms with van der Waals surface area (Å²) >= 11 is 0. The molecule has 1 aromatic carbocycles. The third kappa shape index (κ3) is 5.76. The number of nitrogens with zero attached hydrogens (tertiary/aromatic N) is 2. The van der Waals surface area contributed by atoms with E-state index in [9.17, 15) is 4.39 Å². The van der Waals surface area contributed by atoms with Gasteiger partial charge in [-0.25, -0.2) is 9.38 Å². The third-order valence-corrected chi connectivity index (χ3v) is 4.30. The van der Waals surface area contributed by atoms with Crippen LogP contribution in [0.4, 0.5) is 4.39 Å². The highest BCUT2D eigenvalue weighted by molar-refractivity contribution is 5.79. The van der Waals surface area contributed by atoms with E-state index in [1.165, 1.54) is 18.9 Å². The molecule has 134 valence electrons. The van der Waals surface area contributed by atoms with Crippen LogP contribution in [0.3, 0.4) is 0 Å². The summed E-state index contributed by atoms with van der Waals surface area (Å²) in [5.74, 6) is 0.526. The Bertz CT molecular complexity index is 523. The van der Waals surface area contributed by atoms with Gasteiger partial charge in [-0.05, 0) is 32.4 Å². The summed E-state index contributed by atoms with van der Waals surface area (Å²) in [6.45, 7) is 6.83. The standard InChI is InChI=1S/C18H29FN4O/c1-3-20-18(21-13-15-7-4-5-9-17(15)19)22-14-16-8-6-10-23(16)11-12-24-2/h4-5,7,9,16H,3,6,8,10-14H2,1-2H3,(H2,20,21,22). The summed E-state index contributed by atoms with van der Waals surface area (Å²) in [6, 6.07) is 7.27. The minimum absolute atomic E-state index is 0.210. The van der Waals surface area contributed by atoms with Crippen LogP contribution >= 0.6 is 0 Å². The highest BCUT2D eigenvalue weighted by atomic mass is 19.1. The number of nitrogens with one attached hydrogen (secondary N) is 2. The Balaban J connectivity index is 1.88. The van der Waals surface area contributed by atoms with Crippen molar-refractivity contribution < 1.29 is 9.13 Å². The van der Waals surface area contributed by atoms with Gasteiger partial charge in [0.15, 0.2) is 5.96 Å². The van der Waals surface area contributed by atoms with E-state index < -0.39 is 0 Å². The van der Waals surface area contributed by atoms with Crippen molar-refractivity contribution in [1.29, 1.82) is 0 Å². The lowest BCUT2D eigenvalue weighted by molar-refractivity contribution is 0.141. The van der Waals surface area contributed by atoms with Crippen LogP contribution in [0.15, 0.2) is 29.3 Å². The zero-order chi connectivity index (χ0) is 17.2. The quantitative estimate of drug-likeness (QED) is 0.563. The maximum atomic E-state index is 13.7. The molecule has 2 N–H and O–H groups in total. The van der Waals surface area contributed by atoms with Crippen molar-refractivity contribution in [2.45, 2.75) is 32.4 Å². The van der Waals surface area contributed by atoms with Gasteiger partial charge in [-0.2, -0.15) is 0 Å². The molecule has 1 unspecified atom stereocenters. The fourth-order valence-electron chi connectivity index (χ4n) is 2.98. The molecule has 1 fully saturated rings. The summed E-state index contributed by atoms with van der Waals surface area (Å²) < 4.78 is 18.9. The van der Waals surface area contributed by atoms with E-state index in [-0.39, 0.29) is 5.82 Å². The zero-order valence-corrected chi connectivity index (χ0v) is 14.7. The Labute approximate surface area is 144 Å². The lowest BCUT2D eigenvalue weighted by Gasteiger charge is -2.25. The second-order valence-electron chi connectivity index (χ2n) is 5.99. The Kier molecular flexibility index (Phi) is 7.98. The number of hydrogen-bond acceptors (Lipinski definition) is 3. The van der Waals surface area contributed by atoms with Gasteiger partial charge in [0.05, 0.1) is 13.2 Å². The minimum Gasteiger partial charge on any atom is -0.383 e. The highest BCUT2D eigenvalue weighted by Crippen LogP contribution is 2.15. The number of likely N-dealkylation sites (tertiary alicyclic amines) is 1. The Morgan fingerprint density at radius 3 is 2.96 bits per heavy atom. The van der Waals surface area contributed by atoms with Gasteiger partial charge in [-0.15, -0.1) is 0 Å². The Morgan fingerprint density at radius 1 is 1.38 bits per heavy atom. The number of rotatable bonds is 8. The molecule has 1 saturated heterocycles.